The summed E-state index contributed by atoms with van der Waals surface area (Å²) < 4.78 is 50.5. The molecule has 3 rings (SSSR count). The number of rotatable bonds is 7. The van der Waals surface area contributed by atoms with E-state index < -0.39 is 22.2 Å². The number of methoxy groups -OCH3 is 3. The van der Waals surface area contributed by atoms with Gasteiger partial charge in [0.1, 0.15) is 22.5 Å². The van der Waals surface area contributed by atoms with Crippen molar-refractivity contribution in [1.82, 2.24) is 4.31 Å². The number of hydrogen-bond acceptors (Lipinski definition) is 6. The third-order valence-corrected chi connectivity index (χ3v) is 6.64. The lowest BCUT2D eigenvalue weighted by atomic mass is 10.0. The van der Waals surface area contributed by atoms with E-state index in [1.807, 2.05) is 30.3 Å². The van der Waals surface area contributed by atoms with E-state index in [0.29, 0.717) is 5.75 Å². The maximum atomic E-state index is 13.7. The Kier molecular flexibility index (Phi) is 6.56. The first-order chi connectivity index (χ1) is 13.5. The van der Waals surface area contributed by atoms with Crippen LogP contribution in [0.2, 0.25) is 0 Å². The zero-order valence-corrected chi connectivity index (χ0v) is 17.0. The maximum absolute atomic E-state index is 13.7. The van der Waals surface area contributed by atoms with E-state index >= 15 is 0 Å². The average molecular weight is 407 g/mol. The Morgan fingerprint density at radius 1 is 1.07 bits per heavy atom. The topological polar surface area (TPSA) is 74.3 Å². The lowest BCUT2D eigenvalue weighted by Crippen LogP contribution is -2.49. The Balaban J connectivity index is 2.10. The first kappa shape index (κ1) is 20.6. The molecule has 1 aliphatic rings. The Hall–Kier alpha value is -2.13. The van der Waals surface area contributed by atoms with Crippen molar-refractivity contribution < 1.29 is 27.4 Å². The molecule has 0 aromatic heterocycles. The second kappa shape index (κ2) is 8.91. The number of hydrogen-bond donors (Lipinski definition) is 0. The van der Waals surface area contributed by atoms with Gasteiger partial charge in [0.05, 0.1) is 33.5 Å². The van der Waals surface area contributed by atoms with Crippen molar-refractivity contribution in [2.24, 2.45) is 0 Å². The Labute approximate surface area is 165 Å². The fourth-order valence-corrected chi connectivity index (χ4v) is 5.22. The van der Waals surface area contributed by atoms with Crippen LogP contribution in [0.4, 0.5) is 0 Å². The van der Waals surface area contributed by atoms with Crippen molar-refractivity contribution in [3.8, 4) is 11.5 Å². The molecule has 152 valence electrons. The van der Waals surface area contributed by atoms with Gasteiger partial charge in [-0.1, -0.05) is 30.3 Å². The molecule has 0 saturated carbocycles. The maximum Gasteiger partial charge on any atom is 0.247 e. The van der Waals surface area contributed by atoms with Gasteiger partial charge in [0, 0.05) is 19.7 Å². The van der Waals surface area contributed by atoms with Gasteiger partial charge < -0.3 is 18.9 Å². The Bertz CT molecular complexity index is 885. The van der Waals surface area contributed by atoms with Crippen molar-refractivity contribution in [2.45, 2.75) is 17.0 Å². The lowest BCUT2D eigenvalue weighted by molar-refractivity contribution is -0.0745. The van der Waals surface area contributed by atoms with Crippen LogP contribution in [0.3, 0.4) is 0 Å². The SMILES string of the molecule is COC[C@@H]1OCCN(S(=O)(=O)c2cc(OC)ccc2OC)[C@H]1c1ccccc1. The van der Waals surface area contributed by atoms with Crippen LogP contribution in [0.5, 0.6) is 11.5 Å². The smallest absolute Gasteiger partial charge is 0.247 e. The summed E-state index contributed by atoms with van der Waals surface area (Å²) in [6.45, 7) is 0.784. The van der Waals surface area contributed by atoms with E-state index in [9.17, 15) is 8.42 Å². The highest BCUT2D eigenvalue weighted by atomic mass is 32.2. The van der Waals surface area contributed by atoms with Gasteiger partial charge in [-0.05, 0) is 17.7 Å². The number of benzene rings is 2. The first-order valence-corrected chi connectivity index (χ1v) is 10.4. The van der Waals surface area contributed by atoms with Crippen molar-refractivity contribution in [1.29, 1.82) is 0 Å². The van der Waals surface area contributed by atoms with Gasteiger partial charge in [0.15, 0.2) is 0 Å². The van der Waals surface area contributed by atoms with Crippen LogP contribution in [0.15, 0.2) is 53.4 Å². The highest BCUT2D eigenvalue weighted by Gasteiger charge is 2.42. The second-order valence-corrected chi connectivity index (χ2v) is 8.21. The molecule has 1 fully saturated rings. The monoisotopic (exact) mass is 407 g/mol. The van der Waals surface area contributed by atoms with Gasteiger partial charge >= 0.3 is 0 Å². The van der Waals surface area contributed by atoms with Crippen molar-refractivity contribution in [3.63, 3.8) is 0 Å². The average Bonchev–Trinajstić information content (AvgIpc) is 2.74. The highest BCUT2D eigenvalue weighted by molar-refractivity contribution is 7.89. The van der Waals surface area contributed by atoms with Crippen LogP contribution < -0.4 is 9.47 Å². The quantitative estimate of drug-likeness (QED) is 0.702. The number of sulfonamides is 1. The molecule has 7 nitrogen and oxygen atoms in total. The summed E-state index contributed by atoms with van der Waals surface area (Å²) in [7, 11) is 0.622. The van der Waals surface area contributed by atoms with Crippen molar-refractivity contribution in [3.05, 3.63) is 54.1 Å². The Morgan fingerprint density at radius 2 is 1.82 bits per heavy atom. The molecule has 0 N–H and O–H groups in total. The van der Waals surface area contributed by atoms with Gasteiger partial charge in [0.2, 0.25) is 10.0 Å². The van der Waals surface area contributed by atoms with Gasteiger partial charge in [-0.15, -0.1) is 0 Å². The molecule has 2 aromatic rings. The third kappa shape index (κ3) is 4.00. The minimum atomic E-state index is -3.89. The molecular weight excluding hydrogens is 382 g/mol. The van der Waals surface area contributed by atoms with E-state index in [0.717, 1.165) is 5.56 Å². The molecule has 1 saturated heterocycles. The minimum Gasteiger partial charge on any atom is -0.497 e. The second-order valence-electron chi connectivity index (χ2n) is 6.35. The number of ether oxygens (including phenoxy) is 4. The van der Waals surface area contributed by atoms with Crippen LogP contribution in [-0.4, -0.2) is 59.9 Å². The van der Waals surface area contributed by atoms with Crippen molar-refractivity contribution >= 4 is 10.0 Å². The summed E-state index contributed by atoms with van der Waals surface area (Å²) in [4.78, 5) is 0.0633. The summed E-state index contributed by atoms with van der Waals surface area (Å²) in [6.07, 6.45) is -0.424. The van der Waals surface area contributed by atoms with Gasteiger partial charge in [-0.2, -0.15) is 4.31 Å². The molecule has 0 aliphatic carbocycles. The van der Waals surface area contributed by atoms with E-state index in [1.54, 1.807) is 19.2 Å². The van der Waals surface area contributed by atoms with Crippen LogP contribution in [0, 0.1) is 0 Å². The Morgan fingerprint density at radius 3 is 2.46 bits per heavy atom. The minimum absolute atomic E-state index is 0.0633. The third-order valence-electron chi connectivity index (χ3n) is 4.74. The predicted octanol–water partition coefficient (Wildman–Crippen LogP) is 2.48. The zero-order valence-electron chi connectivity index (χ0n) is 16.2. The normalized spacial score (nSPS) is 20.7. The molecular formula is C20H25NO6S. The summed E-state index contributed by atoms with van der Waals surface area (Å²) in [5.41, 5.74) is 0.842. The van der Waals surface area contributed by atoms with E-state index in [1.165, 1.54) is 24.6 Å². The summed E-state index contributed by atoms with van der Waals surface area (Å²) in [6, 6.07) is 13.7. The molecule has 0 radical (unpaired) electrons. The van der Waals surface area contributed by atoms with E-state index in [2.05, 4.69) is 0 Å². The molecule has 1 heterocycles. The van der Waals surface area contributed by atoms with Gasteiger partial charge in [0.25, 0.3) is 0 Å². The number of morpholine rings is 1. The summed E-state index contributed by atoms with van der Waals surface area (Å²) in [5, 5.41) is 0. The number of nitrogens with zero attached hydrogens (tertiary/aromatic N) is 1. The van der Waals surface area contributed by atoms with Crippen molar-refractivity contribution in [2.75, 3.05) is 41.1 Å². The standard InChI is InChI=1S/C20H25NO6S/c1-24-14-18-20(15-7-5-4-6-8-15)21(11-12-27-18)28(22,23)19-13-16(25-2)9-10-17(19)26-3/h4-10,13,18,20H,11-12,14H2,1-3H3/t18-,20-/m0/s1. The largest absolute Gasteiger partial charge is 0.497 e. The van der Waals surface area contributed by atoms with Crippen LogP contribution in [0.1, 0.15) is 11.6 Å². The fraction of sp³-hybridized carbons (Fsp3) is 0.400. The van der Waals surface area contributed by atoms with E-state index in [-0.39, 0.29) is 30.4 Å². The molecule has 0 amide bonds. The summed E-state index contributed by atoms with van der Waals surface area (Å²) in [5.74, 6) is 0.708. The highest BCUT2D eigenvalue weighted by Crippen LogP contribution is 2.38. The first-order valence-electron chi connectivity index (χ1n) is 8.92. The molecule has 0 spiro atoms. The molecule has 1 aliphatic heterocycles. The van der Waals surface area contributed by atoms with Gasteiger partial charge in [-0.25, -0.2) is 8.42 Å². The lowest BCUT2D eigenvalue weighted by Gasteiger charge is -2.40. The molecule has 8 heteroatoms. The predicted molar refractivity (Wildman–Crippen MR) is 104 cm³/mol. The molecule has 0 unspecified atom stereocenters. The zero-order chi connectivity index (χ0) is 20.1. The van der Waals surface area contributed by atoms with Crippen LogP contribution in [-0.2, 0) is 19.5 Å². The van der Waals surface area contributed by atoms with Crippen LogP contribution in [0.25, 0.3) is 0 Å². The van der Waals surface area contributed by atoms with Gasteiger partial charge in [-0.3, -0.25) is 0 Å². The van der Waals surface area contributed by atoms with Crippen LogP contribution >= 0.6 is 0 Å². The fourth-order valence-electron chi connectivity index (χ4n) is 3.43. The van der Waals surface area contributed by atoms with E-state index in [4.69, 9.17) is 18.9 Å². The molecule has 2 aromatic carbocycles. The molecule has 0 bridgehead atoms. The summed E-state index contributed by atoms with van der Waals surface area (Å²) >= 11 is 0. The molecule has 28 heavy (non-hydrogen) atoms. The molecule has 2 atom stereocenters.